The van der Waals surface area contributed by atoms with Crippen LogP contribution in [0.25, 0.3) is 5.57 Å². The normalized spacial score (nSPS) is 14.2. The summed E-state index contributed by atoms with van der Waals surface area (Å²) in [6, 6.07) is 28.5. The number of carbonyl (C=O) groups excluding carboxylic acids is 1. The molecule has 0 radical (unpaired) electrons. The Morgan fingerprint density at radius 3 is 1.95 bits per heavy atom. The fourth-order valence-electron chi connectivity index (χ4n) is 5.24. The van der Waals surface area contributed by atoms with Gasteiger partial charge in [-0.2, -0.15) is 0 Å². The first kappa shape index (κ1) is 28.6. The topological polar surface area (TPSA) is 52.8 Å². The second kappa shape index (κ2) is 13.6. The average molecular weight is 556 g/mol. The molecule has 0 heterocycles. The summed E-state index contributed by atoms with van der Waals surface area (Å²) in [7, 11) is 0. The van der Waals surface area contributed by atoms with Gasteiger partial charge in [-0.05, 0) is 42.3 Å². The molecule has 5 nitrogen and oxygen atoms in total. The molecule has 2 aliphatic carbocycles. The van der Waals surface area contributed by atoms with Gasteiger partial charge in [0.05, 0.1) is 17.8 Å². The van der Waals surface area contributed by atoms with Crippen LogP contribution in [-0.4, -0.2) is 47.5 Å². The van der Waals surface area contributed by atoms with Crippen molar-refractivity contribution in [2.75, 3.05) is 31.2 Å². The highest BCUT2D eigenvalue weighted by molar-refractivity contribution is 6.39. The van der Waals surface area contributed by atoms with E-state index in [0.29, 0.717) is 42.0 Å². The molecule has 0 spiro atoms. The van der Waals surface area contributed by atoms with Crippen LogP contribution in [0, 0.1) is 12.3 Å². The Labute approximate surface area is 248 Å². The van der Waals surface area contributed by atoms with Gasteiger partial charge in [0.15, 0.2) is 13.1 Å². The van der Waals surface area contributed by atoms with Gasteiger partial charge in [-0.3, -0.25) is 4.79 Å². The molecule has 2 aliphatic rings. The fraction of sp³-hybridized carbons (Fsp3) is 0.189. The Kier molecular flexibility index (Phi) is 9.28. The predicted octanol–water partition coefficient (Wildman–Crippen LogP) is 6.29. The molecule has 0 saturated heterocycles. The molecule has 3 aromatic rings. The maximum Gasteiger partial charge on any atom is 0.201 e. The van der Waals surface area contributed by atoms with Crippen molar-refractivity contribution in [2.45, 2.75) is 20.0 Å². The van der Waals surface area contributed by atoms with E-state index in [1.807, 2.05) is 60.7 Å². The zero-order valence-corrected chi connectivity index (χ0v) is 23.9. The van der Waals surface area contributed by atoms with Crippen molar-refractivity contribution in [3.63, 3.8) is 0 Å². The first-order valence-corrected chi connectivity index (χ1v) is 14.2. The molecule has 5 heteroatoms. The summed E-state index contributed by atoms with van der Waals surface area (Å²) in [5, 5.41) is 11.0. The minimum absolute atomic E-state index is 0.0426. The van der Waals surface area contributed by atoms with Crippen molar-refractivity contribution in [3.8, 4) is 12.3 Å². The van der Waals surface area contributed by atoms with Crippen molar-refractivity contribution in [2.24, 2.45) is 0 Å². The number of nitrogens with zero attached hydrogens (tertiary/aromatic N) is 2. The Bertz CT molecular complexity index is 1560. The number of carbonyl (C=O) groups is 1. The van der Waals surface area contributed by atoms with E-state index in [9.17, 15) is 9.90 Å². The number of aliphatic hydroxyl groups excluding tert-OH is 1. The molecule has 3 aromatic carbocycles. The molecular weight excluding hydrogens is 520 g/mol. The standard InChI is InChI=1S/C37H34N2O3/c1-3-24-42-25-23-38(4-2)32-19-15-30(16-20-32)34-36(40)35(37(34)41)31-17-21-33(22-18-31)39(26-28-11-7-5-8-12-28)27-29-13-9-6-10-14-29/h1,5-22H,4,23-27H2,2H3/p+1. The number of hydrogen-bond donors (Lipinski definition) is 1. The van der Waals surface area contributed by atoms with Gasteiger partial charge < -0.3 is 14.7 Å². The minimum atomic E-state index is -0.145. The molecule has 0 bridgehead atoms. The highest BCUT2D eigenvalue weighted by Crippen LogP contribution is 2.39. The summed E-state index contributed by atoms with van der Waals surface area (Å²) in [5.74, 6) is 2.37. The maximum atomic E-state index is 13.2. The van der Waals surface area contributed by atoms with Crippen molar-refractivity contribution in [3.05, 3.63) is 143 Å². The van der Waals surface area contributed by atoms with Gasteiger partial charge in [0.25, 0.3) is 0 Å². The number of rotatable bonds is 11. The van der Waals surface area contributed by atoms with Crippen LogP contribution in [0.5, 0.6) is 0 Å². The summed E-state index contributed by atoms with van der Waals surface area (Å²) < 4.78 is 7.72. The summed E-state index contributed by atoms with van der Waals surface area (Å²) >= 11 is 0. The zero-order chi connectivity index (χ0) is 29.3. The van der Waals surface area contributed by atoms with Crippen molar-refractivity contribution in [1.82, 2.24) is 0 Å². The van der Waals surface area contributed by atoms with Crippen molar-refractivity contribution in [1.29, 1.82) is 0 Å². The van der Waals surface area contributed by atoms with E-state index in [2.05, 4.69) is 70.9 Å². The maximum absolute atomic E-state index is 13.2. The van der Waals surface area contributed by atoms with Crippen LogP contribution in [0.15, 0.2) is 126 Å². The predicted molar refractivity (Wildman–Crippen MR) is 169 cm³/mol. The molecule has 0 aliphatic heterocycles. The van der Waals surface area contributed by atoms with Crippen LogP contribution < -0.4 is 4.90 Å². The fourth-order valence-corrected chi connectivity index (χ4v) is 5.24. The molecule has 0 unspecified atom stereocenters. The summed E-state index contributed by atoms with van der Waals surface area (Å²) in [6.07, 6.45) is 13.1. The molecule has 0 atom stereocenters. The second-order valence-electron chi connectivity index (χ2n) is 10.2. The van der Waals surface area contributed by atoms with Crippen LogP contribution >= 0.6 is 0 Å². The molecular formula is C37H35N2O3+. The van der Waals surface area contributed by atoms with E-state index in [0.717, 1.165) is 31.0 Å². The van der Waals surface area contributed by atoms with Gasteiger partial charge in [0, 0.05) is 42.1 Å². The van der Waals surface area contributed by atoms with Gasteiger partial charge in [-0.15, -0.1) is 6.42 Å². The Balaban J connectivity index is 1.35. The summed E-state index contributed by atoms with van der Waals surface area (Å²) in [5.41, 5.74) is 6.64. The van der Waals surface area contributed by atoms with Crippen LogP contribution in [0.1, 0.15) is 23.6 Å². The highest BCUT2D eigenvalue weighted by Gasteiger charge is 2.36. The lowest BCUT2D eigenvalue weighted by molar-refractivity contribution is -0.558. The third-order valence-electron chi connectivity index (χ3n) is 7.48. The van der Waals surface area contributed by atoms with Gasteiger partial charge >= 0.3 is 0 Å². The number of terminal acetylenes is 1. The van der Waals surface area contributed by atoms with E-state index in [4.69, 9.17) is 11.2 Å². The van der Waals surface area contributed by atoms with E-state index in [1.54, 1.807) is 0 Å². The van der Waals surface area contributed by atoms with Gasteiger partial charge in [0.1, 0.15) is 12.4 Å². The van der Waals surface area contributed by atoms with E-state index in [1.165, 1.54) is 11.1 Å². The van der Waals surface area contributed by atoms with Crippen LogP contribution in [0.3, 0.4) is 0 Å². The quantitative estimate of drug-likeness (QED) is 0.131. The number of Topliss-reactive ketones (excluding diaryl/α,β-unsaturated/α-hetero) is 1. The largest absolute Gasteiger partial charge is 0.506 e. The lowest BCUT2D eigenvalue weighted by Crippen LogP contribution is -2.27. The molecule has 1 N–H and O–H groups in total. The SMILES string of the molecule is C#CCOCCN(CC)c1ccc(C2=C(O)C(=C3C=CC(=[N+](Cc4ccccc4)Cc4ccccc4)C=C3)C2=O)cc1. The number of ketones is 1. The van der Waals surface area contributed by atoms with Crippen molar-refractivity contribution < 1.29 is 19.2 Å². The van der Waals surface area contributed by atoms with E-state index in [-0.39, 0.29) is 11.5 Å². The number of ether oxygens (including phenoxy) is 1. The van der Waals surface area contributed by atoms with Gasteiger partial charge in [0.2, 0.25) is 11.5 Å². The van der Waals surface area contributed by atoms with E-state index < -0.39 is 0 Å². The highest BCUT2D eigenvalue weighted by atomic mass is 16.5. The second-order valence-corrected chi connectivity index (χ2v) is 10.2. The molecule has 5 rings (SSSR count). The zero-order valence-electron chi connectivity index (χ0n) is 23.9. The van der Waals surface area contributed by atoms with Gasteiger partial charge in [-0.1, -0.05) is 78.7 Å². The number of allylic oxidation sites excluding steroid dienone is 7. The number of likely N-dealkylation sites (N-methyl/N-ethyl adjacent to an activating group) is 1. The number of anilines is 1. The Morgan fingerprint density at radius 1 is 0.833 bits per heavy atom. The molecule has 0 saturated carbocycles. The molecule has 0 fully saturated rings. The third kappa shape index (κ3) is 6.52. The first-order chi connectivity index (χ1) is 20.6. The summed E-state index contributed by atoms with van der Waals surface area (Å²) in [4.78, 5) is 15.4. The molecule has 210 valence electrons. The number of aliphatic hydroxyl groups is 1. The lowest BCUT2D eigenvalue weighted by Gasteiger charge is -2.25. The molecule has 42 heavy (non-hydrogen) atoms. The van der Waals surface area contributed by atoms with Crippen molar-refractivity contribution >= 4 is 22.8 Å². The molecule has 0 amide bonds. The lowest BCUT2D eigenvalue weighted by atomic mass is 9.80. The monoisotopic (exact) mass is 555 g/mol. The van der Waals surface area contributed by atoms with Gasteiger partial charge in [-0.25, -0.2) is 4.58 Å². The van der Waals surface area contributed by atoms with Crippen LogP contribution in [0.4, 0.5) is 5.69 Å². The average Bonchev–Trinajstić information content (AvgIpc) is 3.03. The van der Waals surface area contributed by atoms with Crippen LogP contribution in [0.2, 0.25) is 0 Å². The van der Waals surface area contributed by atoms with E-state index >= 15 is 0 Å². The Hall–Kier alpha value is -4.92. The number of benzene rings is 3. The number of hydrogen-bond acceptors (Lipinski definition) is 4. The summed E-state index contributed by atoms with van der Waals surface area (Å²) in [6.45, 7) is 5.95. The third-order valence-corrected chi connectivity index (χ3v) is 7.48. The first-order valence-electron chi connectivity index (χ1n) is 14.2. The minimum Gasteiger partial charge on any atom is -0.506 e. The molecule has 0 aromatic heterocycles. The Morgan fingerprint density at radius 2 is 1.43 bits per heavy atom. The smallest absolute Gasteiger partial charge is 0.201 e. The van der Waals surface area contributed by atoms with Crippen LogP contribution in [-0.2, 0) is 22.6 Å².